The lowest BCUT2D eigenvalue weighted by molar-refractivity contribution is -0.154. The average Bonchev–Trinajstić information content (AvgIpc) is 3.07. The molecule has 12 heteroatoms. The van der Waals surface area contributed by atoms with Crippen LogP contribution in [0.15, 0.2) is 48.2 Å². The largest absolute Gasteiger partial charge is 0.447 e. The number of esters is 1. The molecular weight excluding hydrogens is 583 g/mol. The fraction of sp³-hybridized carbons (Fsp3) is 0.423. The third-order valence-electron chi connectivity index (χ3n) is 6.42. The average molecular weight is 609 g/mol. The number of ether oxygens (including phenoxy) is 2. The summed E-state index contributed by atoms with van der Waals surface area (Å²) in [7, 11) is 0. The Hall–Kier alpha value is -1.61. The number of alkyl halides is 3. The van der Waals surface area contributed by atoms with E-state index in [2.05, 4.69) is 0 Å². The van der Waals surface area contributed by atoms with Crippen LogP contribution in [0.3, 0.4) is 0 Å². The molecule has 1 aliphatic carbocycles. The van der Waals surface area contributed by atoms with E-state index >= 15 is 0 Å². The van der Waals surface area contributed by atoms with Gasteiger partial charge in [-0.15, -0.1) is 0 Å². The molecule has 1 aliphatic heterocycles. The highest BCUT2D eigenvalue weighted by Crippen LogP contribution is 2.57. The fourth-order valence-electron chi connectivity index (χ4n) is 4.68. The van der Waals surface area contributed by atoms with Crippen molar-refractivity contribution in [1.29, 1.82) is 0 Å². The van der Waals surface area contributed by atoms with Gasteiger partial charge in [0.15, 0.2) is 18.0 Å². The van der Waals surface area contributed by atoms with E-state index in [1.165, 1.54) is 12.7 Å². The number of rotatable bonds is 8. The second-order valence-corrected chi connectivity index (χ2v) is 14.2. The number of hydrogen-bond donors (Lipinski definition) is 0. The van der Waals surface area contributed by atoms with Crippen molar-refractivity contribution < 1.29 is 36.5 Å². The van der Waals surface area contributed by atoms with Crippen LogP contribution in [0.4, 0.5) is 13.2 Å². The molecule has 0 radical (unpaired) electrons. The first-order chi connectivity index (χ1) is 17.8. The van der Waals surface area contributed by atoms with Crippen molar-refractivity contribution in [2.75, 3.05) is 13.3 Å². The van der Waals surface area contributed by atoms with E-state index in [9.17, 15) is 18.0 Å². The first-order valence-corrected chi connectivity index (χ1v) is 15.7. The Bertz CT molecular complexity index is 1250. The summed E-state index contributed by atoms with van der Waals surface area (Å²) >= 11 is 17.9. The molecule has 1 saturated carbocycles. The van der Waals surface area contributed by atoms with Gasteiger partial charge in [0.1, 0.15) is 5.57 Å². The molecule has 0 bridgehead atoms. The molecule has 1 unspecified atom stereocenters. The van der Waals surface area contributed by atoms with Crippen LogP contribution in [0.2, 0.25) is 10.0 Å². The molecule has 2 aliphatic rings. The van der Waals surface area contributed by atoms with Crippen molar-refractivity contribution in [1.82, 2.24) is 0 Å². The lowest BCUT2D eigenvalue weighted by atomic mass is 9.81. The van der Waals surface area contributed by atoms with Gasteiger partial charge in [-0.3, -0.25) is 0 Å². The van der Waals surface area contributed by atoms with Crippen molar-refractivity contribution in [3.8, 4) is 0 Å². The summed E-state index contributed by atoms with van der Waals surface area (Å²) in [5.74, 6) is -0.633. The normalized spacial score (nSPS) is 23.4. The third-order valence-corrected chi connectivity index (χ3v) is 8.59. The van der Waals surface area contributed by atoms with Gasteiger partial charge >= 0.3 is 12.1 Å². The zero-order valence-corrected chi connectivity index (χ0v) is 23.9. The monoisotopic (exact) mass is 608 g/mol. The molecule has 1 atom stereocenters. The van der Waals surface area contributed by atoms with Gasteiger partial charge < -0.3 is 18.5 Å². The topological polar surface area (TPSA) is 54.0 Å². The van der Waals surface area contributed by atoms with E-state index in [0.717, 1.165) is 5.56 Å². The van der Waals surface area contributed by atoms with E-state index in [0.29, 0.717) is 48.4 Å². The quantitative estimate of drug-likeness (QED) is 0.223. The summed E-state index contributed by atoms with van der Waals surface area (Å²) in [5, 5.41) is 0.547. The summed E-state index contributed by atoms with van der Waals surface area (Å²) in [5.41, 5.74) is 0.747. The highest BCUT2D eigenvalue weighted by molar-refractivity contribution is 8.09. The third kappa shape index (κ3) is 6.93. The molecule has 2 aromatic carbocycles. The van der Waals surface area contributed by atoms with Crippen molar-refractivity contribution in [3.05, 3.63) is 75.0 Å². The highest BCUT2D eigenvalue weighted by Gasteiger charge is 2.53. The molecule has 2 aromatic rings. The van der Waals surface area contributed by atoms with Crippen molar-refractivity contribution in [2.45, 2.75) is 57.1 Å². The minimum absolute atomic E-state index is 0.0273. The Morgan fingerprint density at radius 2 is 1.82 bits per heavy atom. The van der Waals surface area contributed by atoms with E-state index in [1.54, 1.807) is 13.0 Å². The van der Waals surface area contributed by atoms with Gasteiger partial charge in [0, 0.05) is 17.3 Å². The van der Waals surface area contributed by atoms with Crippen LogP contribution in [0.5, 0.6) is 0 Å². The van der Waals surface area contributed by atoms with Crippen molar-refractivity contribution in [2.24, 2.45) is 0 Å². The molecular formula is C26H26Cl2F3O5PS. The predicted octanol–water partition coefficient (Wildman–Crippen LogP) is 8.00. The Labute approximate surface area is 234 Å². The number of benzene rings is 2. The van der Waals surface area contributed by atoms with Gasteiger partial charge in [-0.2, -0.15) is 13.2 Å². The molecule has 0 saturated heterocycles. The molecule has 1 spiro atoms. The smallest absolute Gasteiger partial charge is 0.412 e. The standard InChI is InChI=1S/C26H26Cl2F3O5PS/c1-16-12-18(27)13-20(28)21(16)22-23(36-37(2,38)34-15-26(29,30)31)25(35-24(22)32)10-8-19(9-11-25)33-14-17-6-4-3-5-7-17/h3-7,12-13,19H,8-11,14-15H2,1-2H3. The zero-order valence-electron chi connectivity index (χ0n) is 20.6. The van der Waals surface area contributed by atoms with Crippen LogP contribution in [0.25, 0.3) is 5.57 Å². The van der Waals surface area contributed by atoms with Gasteiger partial charge in [0.2, 0.25) is 6.49 Å². The Kier molecular flexibility index (Phi) is 8.87. The molecule has 206 valence electrons. The molecule has 0 N–H and O–H groups in total. The van der Waals surface area contributed by atoms with Crippen molar-refractivity contribution >= 4 is 53.0 Å². The van der Waals surface area contributed by atoms with Gasteiger partial charge in [-0.25, -0.2) is 4.79 Å². The van der Waals surface area contributed by atoms with Crippen LogP contribution < -0.4 is 0 Å². The minimum atomic E-state index is -4.59. The summed E-state index contributed by atoms with van der Waals surface area (Å²) < 4.78 is 61.7. The summed E-state index contributed by atoms with van der Waals surface area (Å²) in [6, 6.07) is 12.8. The molecule has 4 rings (SSSR count). The number of halogens is 5. The van der Waals surface area contributed by atoms with Crippen LogP contribution in [-0.4, -0.2) is 37.1 Å². The maximum atomic E-state index is 13.3. The van der Waals surface area contributed by atoms with Crippen LogP contribution >= 0.6 is 29.7 Å². The second kappa shape index (κ2) is 11.5. The first kappa shape index (κ1) is 29.4. The molecule has 0 amide bonds. The summed E-state index contributed by atoms with van der Waals surface area (Å²) in [6.07, 6.45) is -2.97. The van der Waals surface area contributed by atoms with Gasteiger partial charge in [0.25, 0.3) is 0 Å². The van der Waals surface area contributed by atoms with Gasteiger partial charge in [0.05, 0.1) is 17.7 Å². The second-order valence-electron chi connectivity index (χ2n) is 9.41. The van der Waals surface area contributed by atoms with E-state index in [4.69, 9.17) is 53.5 Å². The molecule has 1 heterocycles. The lowest BCUT2D eigenvalue weighted by Gasteiger charge is -2.38. The van der Waals surface area contributed by atoms with E-state index < -0.39 is 30.8 Å². The first-order valence-electron chi connectivity index (χ1n) is 11.9. The maximum Gasteiger partial charge on any atom is 0.412 e. The van der Waals surface area contributed by atoms with E-state index in [-0.39, 0.29) is 22.5 Å². The zero-order chi connectivity index (χ0) is 27.7. The predicted molar refractivity (Wildman–Crippen MR) is 144 cm³/mol. The number of hydrogen-bond acceptors (Lipinski definition) is 6. The molecule has 5 nitrogen and oxygen atoms in total. The summed E-state index contributed by atoms with van der Waals surface area (Å²) in [6.45, 7) is -1.63. The van der Waals surface area contributed by atoms with Crippen LogP contribution in [0.1, 0.15) is 42.4 Å². The highest BCUT2D eigenvalue weighted by atomic mass is 35.5. The maximum absolute atomic E-state index is 13.3. The Balaban J connectivity index is 1.65. The molecule has 0 aromatic heterocycles. The van der Waals surface area contributed by atoms with Gasteiger partial charge in [-0.1, -0.05) is 53.5 Å². The number of carbonyl (C=O) groups excluding carboxylic acids is 1. The van der Waals surface area contributed by atoms with E-state index in [1.807, 2.05) is 30.3 Å². The van der Waals surface area contributed by atoms with Gasteiger partial charge in [-0.05, 0) is 67.7 Å². The SMILES string of the molecule is Cc1cc(Cl)cc(Cl)c1C1=C(OP(C)(=S)OCC(F)(F)F)C2(CCC(OCc3ccccc3)CC2)OC1=O. The summed E-state index contributed by atoms with van der Waals surface area (Å²) in [4.78, 5) is 13.3. The number of carbonyl (C=O) groups is 1. The fourth-order valence-corrected chi connectivity index (χ4v) is 6.78. The molecule has 38 heavy (non-hydrogen) atoms. The molecule has 1 fully saturated rings. The minimum Gasteiger partial charge on any atom is -0.447 e. The van der Waals surface area contributed by atoms with Crippen LogP contribution in [0, 0.1) is 6.92 Å². The Morgan fingerprint density at radius 3 is 2.42 bits per heavy atom. The van der Waals surface area contributed by atoms with Crippen molar-refractivity contribution in [3.63, 3.8) is 0 Å². The Morgan fingerprint density at radius 1 is 1.16 bits per heavy atom. The number of aryl methyl sites for hydroxylation is 1. The van der Waals surface area contributed by atoms with Crippen LogP contribution in [-0.2, 0) is 41.7 Å². The lowest BCUT2D eigenvalue weighted by Crippen LogP contribution is -2.39.